The third-order valence-corrected chi connectivity index (χ3v) is 3.26. The summed E-state index contributed by atoms with van der Waals surface area (Å²) in [5.41, 5.74) is 11.1. The minimum absolute atomic E-state index is 0.758. The van der Waals surface area contributed by atoms with Gasteiger partial charge in [0.1, 0.15) is 0 Å². The quantitative estimate of drug-likeness (QED) is 0.660. The predicted octanol–water partition coefficient (Wildman–Crippen LogP) is 4.06. The number of nitrogens with two attached hydrogens (primary N) is 1. The van der Waals surface area contributed by atoms with Crippen LogP contribution in [0.1, 0.15) is 16.7 Å². The number of allylic oxidation sites excluding steroid dienone is 2. The maximum Gasteiger partial charge on any atom is 0.0393 e. The first-order valence-corrected chi connectivity index (χ1v) is 7.02. The van der Waals surface area contributed by atoms with Crippen molar-refractivity contribution in [2.75, 3.05) is 19.8 Å². The second-order valence-corrected chi connectivity index (χ2v) is 5.43. The van der Waals surface area contributed by atoms with E-state index in [1.807, 2.05) is 30.3 Å². The van der Waals surface area contributed by atoms with Gasteiger partial charge in [0.15, 0.2) is 0 Å². The highest BCUT2D eigenvalue weighted by Gasteiger charge is 1.99. The molecule has 0 spiro atoms. The van der Waals surface area contributed by atoms with E-state index in [2.05, 4.69) is 55.9 Å². The molecule has 0 bridgehead atoms. The second kappa shape index (κ2) is 6.91. The Balaban J connectivity index is 2.07. The molecule has 0 aliphatic heterocycles. The van der Waals surface area contributed by atoms with Crippen molar-refractivity contribution in [2.24, 2.45) is 0 Å². The lowest BCUT2D eigenvalue weighted by Gasteiger charge is -2.09. The Morgan fingerprint density at radius 3 is 2.38 bits per heavy atom. The standard InChI is InChI=1S/C19H22N2/c1-15(18-6-4-5-7-19(18)20)8-9-16-10-12-17(13-11-16)14-21(2)3/h4-13H,1,14,20H2,2-3H3/b9-8+. The van der Waals surface area contributed by atoms with Crippen LogP contribution in [0.5, 0.6) is 0 Å². The van der Waals surface area contributed by atoms with Crippen LogP contribution in [0.4, 0.5) is 5.69 Å². The number of benzene rings is 2. The van der Waals surface area contributed by atoms with Gasteiger partial charge in [0.05, 0.1) is 0 Å². The summed E-state index contributed by atoms with van der Waals surface area (Å²) in [7, 11) is 4.14. The van der Waals surface area contributed by atoms with Gasteiger partial charge in [-0.3, -0.25) is 0 Å². The minimum atomic E-state index is 0.758. The van der Waals surface area contributed by atoms with E-state index in [0.29, 0.717) is 0 Å². The normalized spacial score (nSPS) is 11.2. The summed E-state index contributed by atoms with van der Waals surface area (Å²) in [6, 6.07) is 16.3. The zero-order valence-electron chi connectivity index (χ0n) is 12.7. The van der Waals surface area contributed by atoms with Gasteiger partial charge in [0.2, 0.25) is 0 Å². The van der Waals surface area contributed by atoms with Crippen LogP contribution < -0.4 is 5.73 Å². The van der Waals surface area contributed by atoms with Crippen molar-refractivity contribution < 1.29 is 0 Å². The smallest absolute Gasteiger partial charge is 0.0393 e. The summed E-state index contributed by atoms with van der Waals surface area (Å²) in [5.74, 6) is 0. The van der Waals surface area contributed by atoms with Gasteiger partial charge in [-0.2, -0.15) is 0 Å². The van der Waals surface area contributed by atoms with Gasteiger partial charge in [-0.25, -0.2) is 0 Å². The minimum Gasteiger partial charge on any atom is -0.398 e. The molecule has 2 aromatic carbocycles. The topological polar surface area (TPSA) is 29.3 Å². The van der Waals surface area contributed by atoms with Crippen LogP contribution >= 0.6 is 0 Å². The molecule has 2 nitrogen and oxygen atoms in total. The number of para-hydroxylation sites is 1. The molecule has 2 N–H and O–H groups in total. The number of hydrogen-bond acceptors (Lipinski definition) is 2. The molecule has 2 rings (SSSR count). The number of rotatable bonds is 5. The molecule has 0 unspecified atom stereocenters. The SMILES string of the molecule is C=C(/C=C/c1ccc(CN(C)C)cc1)c1ccccc1N. The average Bonchev–Trinajstić information content (AvgIpc) is 2.46. The third-order valence-electron chi connectivity index (χ3n) is 3.26. The highest BCUT2D eigenvalue weighted by atomic mass is 15.0. The van der Waals surface area contributed by atoms with Crippen LogP contribution in [0.2, 0.25) is 0 Å². The fourth-order valence-corrected chi connectivity index (χ4v) is 2.18. The van der Waals surface area contributed by atoms with E-state index >= 15 is 0 Å². The average molecular weight is 278 g/mol. The van der Waals surface area contributed by atoms with E-state index in [1.54, 1.807) is 0 Å². The Morgan fingerprint density at radius 1 is 1.10 bits per heavy atom. The van der Waals surface area contributed by atoms with Crippen LogP contribution in [-0.4, -0.2) is 19.0 Å². The Morgan fingerprint density at radius 2 is 1.76 bits per heavy atom. The van der Waals surface area contributed by atoms with Crippen molar-refractivity contribution in [3.8, 4) is 0 Å². The summed E-state index contributed by atoms with van der Waals surface area (Å²) < 4.78 is 0. The molecule has 0 atom stereocenters. The first kappa shape index (κ1) is 15.1. The van der Waals surface area contributed by atoms with Crippen LogP contribution in [0, 0.1) is 0 Å². The largest absolute Gasteiger partial charge is 0.398 e. The maximum absolute atomic E-state index is 5.96. The lowest BCUT2D eigenvalue weighted by atomic mass is 10.0. The monoisotopic (exact) mass is 278 g/mol. The fraction of sp³-hybridized carbons (Fsp3) is 0.158. The van der Waals surface area contributed by atoms with Gasteiger partial charge in [-0.05, 0) is 36.9 Å². The van der Waals surface area contributed by atoms with Crippen LogP contribution in [0.3, 0.4) is 0 Å². The van der Waals surface area contributed by atoms with Gasteiger partial charge in [0.25, 0.3) is 0 Å². The van der Waals surface area contributed by atoms with Crippen LogP contribution in [-0.2, 0) is 6.54 Å². The van der Waals surface area contributed by atoms with E-state index in [0.717, 1.165) is 28.9 Å². The lowest BCUT2D eigenvalue weighted by molar-refractivity contribution is 0.402. The molecule has 2 aromatic rings. The first-order valence-electron chi connectivity index (χ1n) is 7.02. The van der Waals surface area contributed by atoms with E-state index in [1.165, 1.54) is 5.56 Å². The highest BCUT2D eigenvalue weighted by molar-refractivity contribution is 5.82. The number of hydrogen-bond donors (Lipinski definition) is 1. The fourth-order valence-electron chi connectivity index (χ4n) is 2.18. The molecule has 0 aromatic heterocycles. The summed E-state index contributed by atoms with van der Waals surface area (Å²) in [6.45, 7) is 5.04. The molecule has 0 saturated heterocycles. The molecule has 0 amide bonds. The second-order valence-electron chi connectivity index (χ2n) is 5.43. The van der Waals surface area contributed by atoms with Gasteiger partial charge < -0.3 is 10.6 Å². The Kier molecular flexibility index (Phi) is 4.96. The molecule has 0 saturated carbocycles. The maximum atomic E-state index is 5.96. The number of nitrogens with zero attached hydrogens (tertiary/aromatic N) is 1. The van der Waals surface area contributed by atoms with Crippen LogP contribution in [0.25, 0.3) is 11.6 Å². The van der Waals surface area contributed by atoms with Gasteiger partial charge in [0, 0.05) is 17.8 Å². The zero-order valence-corrected chi connectivity index (χ0v) is 12.7. The van der Waals surface area contributed by atoms with Crippen molar-refractivity contribution in [3.63, 3.8) is 0 Å². The van der Waals surface area contributed by atoms with E-state index in [-0.39, 0.29) is 0 Å². The molecular weight excluding hydrogens is 256 g/mol. The van der Waals surface area contributed by atoms with Gasteiger partial charge >= 0.3 is 0 Å². The summed E-state index contributed by atoms with van der Waals surface area (Å²) in [5, 5.41) is 0. The lowest BCUT2D eigenvalue weighted by Crippen LogP contribution is -2.10. The molecule has 0 fully saturated rings. The van der Waals surface area contributed by atoms with Crippen molar-refractivity contribution >= 4 is 17.3 Å². The molecule has 108 valence electrons. The zero-order chi connectivity index (χ0) is 15.2. The molecule has 2 heteroatoms. The number of nitrogen functional groups attached to an aromatic ring is 1. The van der Waals surface area contributed by atoms with Crippen molar-refractivity contribution in [3.05, 3.63) is 77.9 Å². The Labute approximate surface area is 127 Å². The van der Waals surface area contributed by atoms with Crippen LogP contribution in [0.15, 0.2) is 61.2 Å². The van der Waals surface area contributed by atoms with Gasteiger partial charge in [-0.15, -0.1) is 0 Å². The summed E-state index contributed by atoms with van der Waals surface area (Å²) in [6.07, 6.45) is 4.07. The predicted molar refractivity (Wildman–Crippen MR) is 92.8 cm³/mol. The van der Waals surface area contributed by atoms with Crippen molar-refractivity contribution in [2.45, 2.75) is 6.54 Å². The van der Waals surface area contributed by atoms with Crippen molar-refractivity contribution in [1.29, 1.82) is 0 Å². The van der Waals surface area contributed by atoms with E-state index in [4.69, 9.17) is 5.73 Å². The molecule has 0 heterocycles. The summed E-state index contributed by atoms with van der Waals surface area (Å²) in [4.78, 5) is 2.16. The summed E-state index contributed by atoms with van der Waals surface area (Å²) >= 11 is 0. The molecule has 0 aliphatic carbocycles. The molecule has 0 radical (unpaired) electrons. The molecule has 0 aliphatic rings. The third kappa shape index (κ3) is 4.33. The molecular formula is C19H22N2. The Hall–Kier alpha value is -2.32. The van der Waals surface area contributed by atoms with E-state index in [9.17, 15) is 0 Å². The highest BCUT2D eigenvalue weighted by Crippen LogP contribution is 2.21. The van der Waals surface area contributed by atoms with Crippen molar-refractivity contribution in [1.82, 2.24) is 4.90 Å². The Bertz CT molecular complexity index is 637. The number of anilines is 1. The first-order chi connectivity index (χ1) is 10.1. The van der Waals surface area contributed by atoms with Gasteiger partial charge in [-0.1, -0.05) is 61.2 Å². The van der Waals surface area contributed by atoms with E-state index < -0.39 is 0 Å². The molecule has 21 heavy (non-hydrogen) atoms.